The number of thiazole rings is 1. The number of nitrogens with one attached hydrogen (secondary N) is 1. The lowest BCUT2D eigenvalue weighted by Crippen LogP contribution is -1.96. The molecule has 2 nitrogen and oxygen atoms in total. The number of halogens is 1. The third kappa shape index (κ3) is 2.52. The van der Waals surface area contributed by atoms with E-state index in [4.69, 9.17) is 0 Å². The summed E-state index contributed by atoms with van der Waals surface area (Å²) in [5.74, 6) is 0. The highest BCUT2D eigenvalue weighted by Crippen LogP contribution is 2.21. The van der Waals surface area contributed by atoms with Crippen LogP contribution in [0, 0.1) is 0 Å². The molecule has 13 heavy (non-hydrogen) atoms. The largest absolute Gasteiger partial charge is 0.357 e. The van der Waals surface area contributed by atoms with E-state index in [0.717, 1.165) is 11.7 Å². The second-order valence-corrected chi connectivity index (χ2v) is 5.63. The Morgan fingerprint density at radius 2 is 2.38 bits per heavy atom. The number of nitrogens with zero attached hydrogens (tertiary/aromatic N) is 1. The molecule has 1 N–H and O–H groups in total. The zero-order valence-corrected chi connectivity index (χ0v) is 9.88. The molecule has 0 atom stereocenters. The van der Waals surface area contributed by atoms with E-state index in [1.165, 1.54) is 9.35 Å². The molecule has 0 fully saturated rings. The van der Waals surface area contributed by atoms with Gasteiger partial charge in [-0.15, -0.1) is 22.7 Å². The normalized spacial score (nSPS) is 10.2. The summed E-state index contributed by atoms with van der Waals surface area (Å²) in [7, 11) is 0. The molecule has 0 unspecified atom stereocenters. The van der Waals surface area contributed by atoms with Crippen LogP contribution in [0.3, 0.4) is 0 Å². The van der Waals surface area contributed by atoms with Crippen molar-refractivity contribution in [3.8, 4) is 0 Å². The molecule has 2 heterocycles. The fourth-order valence-corrected chi connectivity index (χ4v) is 2.66. The van der Waals surface area contributed by atoms with Crippen molar-refractivity contribution < 1.29 is 0 Å². The summed E-state index contributed by atoms with van der Waals surface area (Å²) in [4.78, 5) is 4.14. The second-order valence-electron chi connectivity index (χ2n) is 2.45. The van der Waals surface area contributed by atoms with Crippen LogP contribution in [0.5, 0.6) is 0 Å². The molecule has 68 valence electrons. The molecule has 0 aliphatic rings. The van der Waals surface area contributed by atoms with Gasteiger partial charge in [-0.1, -0.05) is 0 Å². The van der Waals surface area contributed by atoms with Gasteiger partial charge >= 0.3 is 0 Å². The highest BCUT2D eigenvalue weighted by atomic mass is 79.9. The number of hydrogen-bond donors (Lipinski definition) is 1. The van der Waals surface area contributed by atoms with Crippen LogP contribution in [0.2, 0.25) is 0 Å². The maximum atomic E-state index is 4.14. The standard InChI is InChI=1S/C8H7BrN2S2/c9-7-3-6(5-13-7)4-11-8-10-1-2-12-8/h1-3,5H,4H2,(H,10,11). The van der Waals surface area contributed by atoms with E-state index in [9.17, 15) is 0 Å². The van der Waals surface area contributed by atoms with Crippen molar-refractivity contribution in [1.82, 2.24) is 4.98 Å². The van der Waals surface area contributed by atoms with Gasteiger partial charge in [-0.25, -0.2) is 4.98 Å². The first-order valence-corrected chi connectivity index (χ1v) is 6.26. The van der Waals surface area contributed by atoms with Crippen molar-refractivity contribution in [2.45, 2.75) is 6.54 Å². The van der Waals surface area contributed by atoms with Crippen LogP contribution in [0.25, 0.3) is 0 Å². The Balaban J connectivity index is 1.93. The van der Waals surface area contributed by atoms with Crippen molar-refractivity contribution in [3.05, 3.63) is 32.4 Å². The second kappa shape index (κ2) is 4.21. The predicted octanol–water partition coefficient (Wildman–Crippen LogP) is 3.58. The van der Waals surface area contributed by atoms with Crippen molar-refractivity contribution in [2.24, 2.45) is 0 Å². The summed E-state index contributed by atoms with van der Waals surface area (Å²) in [5, 5.41) is 8.32. The Kier molecular flexibility index (Phi) is 2.97. The van der Waals surface area contributed by atoms with Crippen LogP contribution >= 0.6 is 38.6 Å². The fraction of sp³-hybridized carbons (Fsp3) is 0.125. The number of rotatable bonds is 3. The monoisotopic (exact) mass is 274 g/mol. The van der Waals surface area contributed by atoms with Crippen LogP contribution in [0.1, 0.15) is 5.56 Å². The summed E-state index contributed by atoms with van der Waals surface area (Å²) in [5.41, 5.74) is 1.28. The molecule has 0 aliphatic carbocycles. The Bertz CT molecular complexity index is 369. The zero-order valence-electron chi connectivity index (χ0n) is 6.66. The van der Waals surface area contributed by atoms with Gasteiger partial charge in [-0.3, -0.25) is 0 Å². The Labute approximate surface area is 92.8 Å². The minimum atomic E-state index is 0.843. The molecular weight excluding hydrogens is 268 g/mol. The fourth-order valence-electron chi connectivity index (χ4n) is 0.927. The van der Waals surface area contributed by atoms with Crippen molar-refractivity contribution in [1.29, 1.82) is 0 Å². The molecule has 0 saturated carbocycles. The summed E-state index contributed by atoms with van der Waals surface area (Å²) in [6.07, 6.45) is 1.80. The molecule has 0 saturated heterocycles. The lowest BCUT2D eigenvalue weighted by atomic mass is 10.3. The van der Waals surface area contributed by atoms with E-state index < -0.39 is 0 Å². The third-order valence-electron chi connectivity index (χ3n) is 1.50. The van der Waals surface area contributed by atoms with Crippen LogP contribution in [0.4, 0.5) is 5.13 Å². The van der Waals surface area contributed by atoms with E-state index in [-0.39, 0.29) is 0 Å². The van der Waals surface area contributed by atoms with Crippen LogP contribution in [0.15, 0.2) is 26.8 Å². The number of thiophene rings is 1. The third-order valence-corrected chi connectivity index (χ3v) is 3.78. The molecule has 0 aromatic carbocycles. The molecule has 2 rings (SSSR count). The topological polar surface area (TPSA) is 24.9 Å². The predicted molar refractivity (Wildman–Crippen MR) is 61.5 cm³/mol. The molecule has 2 aromatic rings. The van der Waals surface area contributed by atoms with Gasteiger partial charge in [-0.2, -0.15) is 0 Å². The first-order chi connectivity index (χ1) is 6.34. The molecule has 5 heteroatoms. The van der Waals surface area contributed by atoms with Gasteiger partial charge < -0.3 is 5.32 Å². The summed E-state index contributed by atoms with van der Waals surface area (Å²) < 4.78 is 1.17. The van der Waals surface area contributed by atoms with Gasteiger partial charge in [0.05, 0.1) is 3.79 Å². The van der Waals surface area contributed by atoms with Gasteiger partial charge in [0.25, 0.3) is 0 Å². The van der Waals surface area contributed by atoms with Crippen molar-refractivity contribution in [2.75, 3.05) is 5.32 Å². The Morgan fingerprint density at radius 3 is 3.00 bits per heavy atom. The lowest BCUT2D eigenvalue weighted by molar-refractivity contribution is 1.15. The van der Waals surface area contributed by atoms with Gasteiger partial charge in [0, 0.05) is 18.1 Å². The highest BCUT2D eigenvalue weighted by Gasteiger charge is 1.98. The SMILES string of the molecule is Brc1cc(CNc2nccs2)cs1. The molecule has 0 bridgehead atoms. The van der Waals surface area contributed by atoms with Gasteiger partial charge in [-0.05, 0) is 32.9 Å². The zero-order chi connectivity index (χ0) is 9.10. The van der Waals surface area contributed by atoms with E-state index >= 15 is 0 Å². The number of hydrogen-bond acceptors (Lipinski definition) is 4. The minimum Gasteiger partial charge on any atom is -0.357 e. The van der Waals surface area contributed by atoms with Gasteiger partial charge in [0.15, 0.2) is 5.13 Å². The van der Waals surface area contributed by atoms with E-state index in [1.807, 2.05) is 5.38 Å². The average Bonchev–Trinajstić information content (AvgIpc) is 2.71. The van der Waals surface area contributed by atoms with Crippen molar-refractivity contribution in [3.63, 3.8) is 0 Å². The number of anilines is 1. The van der Waals surface area contributed by atoms with E-state index in [2.05, 4.69) is 37.7 Å². The molecule has 2 aromatic heterocycles. The smallest absolute Gasteiger partial charge is 0.182 e. The Morgan fingerprint density at radius 1 is 1.46 bits per heavy atom. The van der Waals surface area contributed by atoms with Crippen molar-refractivity contribution >= 4 is 43.7 Å². The van der Waals surface area contributed by atoms with Crippen LogP contribution in [-0.4, -0.2) is 4.98 Å². The average molecular weight is 275 g/mol. The van der Waals surface area contributed by atoms with Crippen LogP contribution in [-0.2, 0) is 6.54 Å². The first kappa shape index (κ1) is 9.18. The number of aromatic nitrogens is 1. The molecule has 0 amide bonds. The quantitative estimate of drug-likeness (QED) is 0.926. The van der Waals surface area contributed by atoms with Gasteiger partial charge in [0.1, 0.15) is 0 Å². The molecule has 0 aliphatic heterocycles. The molecular formula is C8H7BrN2S2. The van der Waals surface area contributed by atoms with Gasteiger partial charge in [0.2, 0.25) is 0 Å². The maximum Gasteiger partial charge on any atom is 0.182 e. The minimum absolute atomic E-state index is 0.843. The molecule has 0 radical (unpaired) electrons. The first-order valence-electron chi connectivity index (χ1n) is 3.71. The lowest BCUT2D eigenvalue weighted by Gasteiger charge is -1.98. The summed E-state index contributed by atoms with van der Waals surface area (Å²) >= 11 is 6.75. The summed E-state index contributed by atoms with van der Waals surface area (Å²) in [6, 6.07) is 2.12. The van der Waals surface area contributed by atoms with E-state index in [0.29, 0.717) is 0 Å². The van der Waals surface area contributed by atoms with Crippen LogP contribution < -0.4 is 5.32 Å². The van der Waals surface area contributed by atoms with E-state index in [1.54, 1.807) is 28.9 Å². The Hall–Kier alpha value is -0.390. The highest BCUT2D eigenvalue weighted by molar-refractivity contribution is 9.11. The molecule has 0 spiro atoms. The maximum absolute atomic E-state index is 4.14. The summed E-state index contributed by atoms with van der Waals surface area (Å²) in [6.45, 7) is 0.843.